The van der Waals surface area contributed by atoms with Gasteiger partial charge in [-0.3, -0.25) is 9.69 Å². The average molecular weight is 437 g/mol. The Hall–Kier alpha value is -2.27. The number of halogens is 3. The minimum absolute atomic E-state index is 0.0775. The van der Waals surface area contributed by atoms with Crippen LogP contribution in [-0.2, 0) is 11.0 Å². The van der Waals surface area contributed by atoms with Gasteiger partial charge in [0, 0.05) is 37.9 Å². The first-order chi connectivity index (χ1) is 14.8. The molecule has 1 amide bonds. The maximum absolute atomic E-state index is 13.1. The Morgan fingerprint density at radius 1 is 1.16 bits per heavy atom. The van der Waals surface area contributed by atoms with E-state index in [2.05, 4.69) is 15.1 Å². The molecular formula is C23H31F3N4O. The normalized spacial score (nSPS) is 22.7. The van der Waals surface area contributed by atoms with Crippen LogP contribution < -0.4 is 10.2 Å². The summed E-state index contributed by atoms with van der Waals surface area (Å²) in [6, 6.07) is 6.06. The van der Waals surface area contributed by atoms with Gasteiger partial charge in [-0.25, -0.2) is 0 Å². The van der Waals surface area contributed by atoms with Gasteiger partial charge in [-0.05, 0) is 69.2 Å². The third-order valence-corrected chi connectivity index (χ3v) is 6.55. The molecular weight excluding hydrogens is 405 g/mol. The van der Waals surface area contributed by atoms with Gasteiger partial charge in [-0.15, -0.1) is 0 Å². The van der Waals surface area contributed by atoms with Crippen LogP contribution in [0.15, 0.2) is 18.2 Å². The van der Waals surface area contributed by atoms with Crippen LogP contribution >= 0.6 is 0 Å². The van der Waals surface area contributed by atoms with Crippen molar-refractivity contribution >= 4 is 11.6 Å². The van der Waals surface area contributed by atoms with Crippen LogP contribution in [0.3, 0.4) is 0 Å². The third-order valence-electron chi connectivity index (χ3n) is 6.55. The van der Waals surface area contributed by atoms with Crippen molar-refractivity contribution in [2.45, 2.75) is 57.7 Å². The summed E-state index contributed by atoms with van der Waals surface area (Å²) in [7, 11) is 0. The quantitative estimate of drug-likeness (QED) is 0.729. The second-order valence-electron chi connectivity index (χ2n) is 8.74. The van der Waals surface area contributed by atoms with Crippen LogP contribution in [0, 0.1) is 24.2 Å². The van der Waals surface area contributed by atoms with E-state index in [4.69, 9.17) is 5.26 Å². The highest BCUT2D eigenvalue weighted by molar-refractivity contribution is 5.78. The zero-order valence-electron chi connectivity index (χ0n) is 18.0. The van der Waals surface area contributed by atoms with E-state index >= 15 is 0 Å². The summed E-state index contributed by atoms with van der Waals surface area (Å²) in [5.74, 6) is 0.465. The van der Waals surface area contributed by atoms with E-state index in [1.54, 1.807) is 6.07 Å². The largest absolute Gasteiger partial charge is 0.416 e. The molecule has 5 nitrogen and oxygen atoms in total. The fourth-order valence-corrected chi connectivity index (χ4v) is 4.65. The van der Waals surface area contributed by atoms with E-state index < -0.39 is 11.7 Å². The fourth-order valence-electron chi connectivity index (χ4n) is 4.65. The standard InChI is InChI=1S/C23H31F3N4O/c1-17-2-5-19(23(24,25)26)16-21(17)30-14-12-29(13-15-30)11-9-18-3-6-20(7-4-18)28-22(31)8-10-27/h2,5,16,18,20H,3-4,6-9,11-15H2,1H3,(H,28,31). The Morgan fingerprint density at radius 2 is 1.84 bits per heavy atom. The number of hydrogen-bond donors (Lipinski definition) is 1. The van der Waals surface area contributed by atoms with Gasteiger partial charge in [0.05, 0.1) is 11.6 Å². The summed E-state index contributed by atoms with van der Waals surface area (Å²) in [6.07, 6.45) is 0.811. The van der Waals surface area contributed by atoms with Crippen molar-refractivity contribution in [1.29, 1.82) is 5.26 Å². The zero-order valence-corrected chi connectivity index (χ0v) is 18.0. The zero-order chi connectivity index (χ0) is 22.4. The first-order valence-electron chi connectivity index (χ1n) is 11.1. The highest BCUT2D eigenvalue weighted by atomic mass is 19.4. The first kappa shape index (κ1) is 23.4. The van der Waals surface area contributed by atoms with Crippen molar-refractivity contribution in [2.24, 2.45) is 5.92 Å². The number of carbonyl (C=O) groups excluding carboxylic acids is 1. The number of rotatable bonds is 6. The maximum atomic E-state index is 13.1. The van der Waals surface area contributed by atoms with E-state index in [9.17, 15) is 18.0 Å². The van der Waals surface area contributed by atoms with Crippen molar-refractivity contribution in [1.82, 2.24) is 10.2 Å². The molecule has 0 unspecified atom stereocenters. The molecule has 1 saturated carbocycles. The van der Waals surface area contributed by atoms with Crippen molar-refractivity contribution in [2.75, 3.05) is 37.6 Å². The van der Waals surface area contributed by atoms with Crippen molar-refractivity contribution < 1.29 is 18.0 Å². The molecule has 170 valence electrons. The topological polar surface area (TPSA) is 59.4 Å². The number of nitrogens with zero attached hydrogens (tertiary/aromatic N) is 3. The summed E-state index contributed by atoms with van der Waals surface area (Å²) in [5.41, 5.74) is 0.973. The van der Waals surface area contributed by atoms with E-state index in [0.29, 0.717) is 11.6 Å². The lowest BCUT2D eigenvalue weighted by Crippen LogP contribution is -2.47. The maximum Gasteiger partial charge on any atom is 0.416 e. The van der Waals surface area contributed by atoms with Gasteiger partial charge in [0.15, 0.2) is 0 Å². The van der Waals surface area contributed by atoms with E-state index in [1.165, 1.54) is 6.07 Å². The first-order valence-corrected chi connectivity index (χ1v) is 11.1. The van der Waals surface area contributed by atoms with Crippen LogP contribution in [0.4, 0.5) is 18.9 Å². The molecule has 1 aliphatic carbocycles. The van der Waals surface area contributed by atoms with Crippen LogP contribution in [0.1, 0.15) is 49.7 Å². The lowest BCUT2D eigenvalue weighted by atomic mass is 9.84. The molecule has 3 rings (SSSR count). The number of aryl methyl sites for hydroxylation is 1. The van der Waals surface area contributed by atoms with E-state index in [0.717, 1.165) is 76.5 Å². The molecule has 0 atom stereocenters. The lowest BCUT2D eigenvalue weighted by molar-refractivity contribution is -0.137. The summed E-state index contributed by atoms with van der Waals surface area (Å²) < 4.78 is 39.2. The van der Waals surface area contributed by atoms with Crippen LogP contribution in [-0.4, -0.2) is 49.6 Å². The summed E-state index contributed by atoms with van der Waals surface area (Å²) >= 11 is 0. The Kier molecular flexibility index (Phi) is 7.82. The average Bonchev–Trinajstić information content (AvgIpc) is 2.73. The van der Waals surface area contributed by atoms with Gasteiger partial charge in [0.1, 0.15) is 6.42 Å². The highest BCUT2D eigenvalue weighted by Crippen LogP contribution is 2.34. The van der Waals surface area contributed by atoms with Crippen LogP contribution in [0.25, 0.3) is 0 Å². The second-order valence-corrected chi connectivity index (χ2v) is 8.74. The van der Waals surface area contributed by atoms with Crippen LogP contribution in [0.2, 0.25) is 0 Å². The number of nitrogens with one attached hydrogen (secondary N) is 1. The number of benzene rings is 1. The van der Waals surface area contributed by atoms with Crippen molar-refractivity contribution in [3.8, 4) is 6.07 Å². The summed E-state index contributed by atoms with van der Waals surface area (Å²) in [6.45, 7) is 6.05. The Bertz CT molecular complexity index is 789. The number of amides is 1. The van der Waals surface area contributed by atoms with E-state index in [1.807, 2.05) is 13.0 Å². The molecule has 0 bridgehead atoms. The van der Waals surface area contributed by atoms with Gasteiger partial charge in [0.25, 0.3) is 0 Å². The molecule has 0 aromatic heterocycles. The van der Waals surface area contributed by atoms with Gasteiger partial charge in [-0.1, -0.05) is 6.07 Å². The molecule has 2 fully saturated rings. The molecule has 0 spiro atoms. The number of piperazine rings is 1. The summed E-state index contributed by atoms with van der Waals surface area (Å²) in [4.78, 5) is 16.0. The Balaban J connectivity index is 1.41. The second kappa shape index (κ2) is 10.4. The Labute approximate surface area is 182 Å². The number of alkyl halides is 3. The molecule has 0 radical (unpaired) electrons. The molecule has 2 aliphatic rings. The van der Waals surface area contributed by atoms with Gasteiger partial charge < -0.3 is 10.2 Å². The number of hydrogen-bond acceptors (Lipinski definition) is 4. The fraction of sp³-hybridized carbons (Fsp3) is 0.652. The SMILES string of the molecule is Cc1ccc(C(F)(F)F)cc1N1CCN(CCC2CCC(NC(=O)CC#N)CC2)CC1. The number of carbonyl (C=O) groups is 1. The monoisotopic (exact) mass is 436 g/mol. The van der Waals surface area contributed by atoms with Gasteiger partial charge in [-0.2, -0.15) is 18.4 Å². The number of anilines is 1. The minimum Gasteiger partial charge on any atom is -0.369 e. The van der Waals surface area contributed by atoms with Crippen molar-refractivity contribution in [3.63, 3.8) is 0 Å². The smallest absolute Gasteiger partial charge is 0.369 e. The van der Waals surface area contributed by atoms with Gasteiger partial charge >= 0.3 is 6.18 Å². The van der Waals surface area contributed by atoms with Crippen molar-refractivity contribution in [3.05, 3.63) is 29.3 Å². The predicted octanol–water partition coefficient (Wildman–Crippen LogP) is 4.11. The predicted molar refractivity (Wildman–Crippen MR) is 114 cm³/mol. The lowest BCUT2D eigenvalue weighted by Gasteiger charge is -2.38. The molecule has 1 saturated heterocycles. The minimum atomic E-state index is -4.32. The summed E-state index contributed by atoms with van der Waals surface area (Å²) in [5, 5.41) is 11.5. The third kappa shape index (κ3) is 6.60. The molecule has 1 aliphatic heterocycles. The molecule has 1 aromatic rings. The molecule has 1 N–H and O–H groups in total. The molecule has 31 heavy (non-hydrogen) atoms. The number of nitriles is 1. The highest BCUT2D eigenvalue weighted by Gasteiger charge is 2.32. The van der Waals surface area contributed by atoms with Crippen LogP contribution in [0.5, 0.6) is 0 Å². The Morgan fingerprint density at radius 3 is 2.45 bits per heavy atom. The molecule has 1 aromatic carbocycles. The van der Waals surface area contributed by atoms with Gasteiger partial charge in [0.2, 0.25) is 5.91 Å². The van der Waals surface area contributed by atoms with E-state index in [-0.39, 0.29) is 18.4 Å². The molecule has 1 heterocycles. The molecule has 8 heteroatoms.